The number of hydrogen-bond donors (Lipinski definition) is 0. The van der Waals surface area contributed by atoms with Crippen molar-refractivity contribution >= 4 is 48.5 Å². The Balaban J connectivity index is 2.00. The predicted molar refractivity (Wildman–Crippen MR) is 73.8 cm³/mol. The van der Waals surface area contributed by atoms with Crippen molar-refractivity contribution in [2.45, 2.75) is 6.42 Å². The summed E-state index contributed by atoms with van der Waals surface area (Å²) in [5.41, 5.74) is 0.354. The smallest absolute Gasteiger partial charge is 0.229 e. The molecule has 0 saturated carbocycles. The fourth-order valence-electron chi connectivity index (χ4n) is 2.09. The molecule has 1 aromatic carbocycles. The van der Waals surface area contributed by atoms with E-state index in [0.717, 1.165) is 10.0 Å². The SMILES string of the molecule is O=C1CC(CBr)CN1c1nc2c(F)cccc2s1. The first-order valence-electron chi connectivity index (χ1n) is 5.60. The summed E-state index contributed by atoms with van der Waals surface area (Å²) in [5, 5.41) is 1.40. The topological polar surface area (TPSA) is 33.2 Å². The summed E-state index contributed by atoms with van der Waals surface area (Å²) >= 11 is 4.76. The zero-order valence-electron chi connectivity index (χ0n) is 9.40. The van der Waals surface area contributed by atoms with Crippen LogP contribution >= 0.6 is 27.3 Å². The van der Waals surface area contributed by atoms with E-state index in [1.54, 1.807) is 11.0 Å². The Hall–Kier alpha value is -1.01. The number of carbonyl (C=O) groups is 1. The third kappa shape index (κ3) is 1.93. The van der Waals surface area contributed by atoms with Gasteiger partial charge in [-0.15, -0.1) is 0 Å². The highest BCUT2D eigenvalue weighted by molar-refractivity contribution is 9.09. The van der Waals surface area contributed by atoms with Gasteiger partial charge in [0, 0.05) is 18.3 Å². The third-order valence-corrected chi connectivity index (χ3v) is 4.97. The van der Waals surface area contributed by atoms with E-state index in [2.05, 4.69) is 20.9 Å². The molecule has 18 heavy (non-hydrogen) atoms. The maximum absolute atomic E-state index is 13.6. The Kier molecular flexibility index (Phi) is 3.07. The van der Waals surface area contributed by atoms with Gasteiger partial charge >= 0.3 is 0 Å². The van der Waals surface area contributed by atoms with Crippen LogP contribution in [0.3, 0.4) is 0 Å². The second kappa shape index (κ2) is 4.59. The number of para-hydroxylation sites is 1. The van der Waals surface area contributed by atoms with Gasteiger partial charge < -0.3 is 0 Å². The number of halogens is 2. The molecule has 1 aliphatic heterocycles. The molecule has 0 N–H and O–H groups in total. The van der Waals surface area contributed by atoms with Crippen LogP contribution in [-0.2, 0) is 4.79 Å². The van der Waals surface area contributed by atoms with Gasteiger partial charge in [0.1, 0.15) is 11.3 Å². The van der Waals surface area contributed by atoms with Gasteiger partial charge in [-0.25, -0.2) is 9.37 Å². The Morgan fingerprint density at radius 1 is 1.56 bits per heavy atom. The largest absolute Gasteiger partial charge is 0.288 e. The van der Waals surface area contributed by atoms with Crippen LogP contribution in [0.2, 0.25) is 0 Å². The molecule has 3 rings (SSSR count). The first-order chi connectivity index (χ1) is 8.69. The first-order valence-corrected chi connectivity index (χ1v) is 7.54. The van der Waals surface area contributed by atoms with Crippen LogP contribution in [0.15, 0.2) is 18.2 Å². The molecule has 2 heterocycles. The molecular weight excluding hydrogens is 319 g/mol. The summed E-state index contributed by atoms with van der Waals surface area (Å²) in [6, 6.07) is 4.87. The van der Waals surface area contributed by atoms with E-state index in [0.29, 0.717) is 29.5 Å². The number of hydrogen-bond acceptors (Lipinski definition) is 3. The van der Waals surface area contributed by atoms with Gasteiger partial charge in [-0.2, -0.15) is 0 Å². The van der Waals surface area contributed by atoms with E-state index >= 15 is 0 Å². The summed E-state index contributed by atoms with van der Waals surface area (Å²) in [6.45, 7) is 0.658. The monoisotopic (exact) mass is 328 g/mol. The van der Waals surface area contributed by atoms with Gasteiger partial charge in [0.15, 0.2) is 5.13 Å². The average Bonchev–Trinajstić information content (AvgIpc) is 2.93. The van der Waals surface area contributed by atoms with Crippen LogP contribution in [0.4, 0.5) is 9.52 Å². The minimum absolute atomic E-state index is 0.0684. The Bertz CT molecular complexity index is 615. The molecule has 1 saturated heterocycles. The average molecular weight is 329 g/mol. The maximum Gasteiger partial charge on any atom is 0.229 e. The zero-order valence-corrected chi connectivity index (χ0v) is 11.8. The van der Waals surface area contributed by atoms with E-state index < -0.39 is 0 Å². The molecule has 3 nitrogen and oxygen atoms in total. The number of anilines is 1. The molecule has 94 valence electrons. The number of carbonyl (C=O) groups excluding carboxylic acids is 1. The highest BCUT2D eigenvalue weighted by Crippen LogP contribution is 2.33. The Labute approximate surface area is 116 Å². The van der Waals surface area contributed by atoms with E-state index in [4.69, 9.17) is 0 Å². The molecule has 1 aromatic heterocycles. The van der Waals surface area contributed by atoms with E-state index in [1.807, 2.05) is 6.07 Å². The molecule has 2 aromatic rings. The Morgan fingerprint density at radius 2 is 2.39 bits per heavy atom. The number of fused-ring (bicyclic) bond motifs is 1. The van der Waals surface area contributed by atoms with Crippen molar-refractivity contribution in [3.05, 3.63) is 24.0 Å². The van der Waals surface area contributed by atoms with Gasteiger partial charge in [-0.3, -0.25) is 9.69 Å². The van der Waals surface area contributed by atoms with Crippen LogP contribution < -0.4 is 4.90 Å². The van der Waals surface area contributed by atoms with Gasteiger partial charge in [0.2, 0.25) is 5.91 Å². The van der Waals surface area contributed by atoms with Gasteiger partial charge in [0.25, 0.3) is 0 Å². The summed E-state index contributed by atoms with van der Waals surface area (Å²) in [4.78, 5) is 17.8. The highest BCUT2D eigenvalue weighted by Gasteiger charge is 2.31. The summed E-state index contributed by atoms with van der Waals surface area (Å²) in [7, 11) is 0. The van der Waals surface area contributed by atoms with E-state index in [-0.39, 0.29) is 11.7 Å². The quantitative estimate of drug-likeness (QED) is 0.793. The molecule has 0 spiro atoms. The van der Waals surface area contributed by atoms with Crippen molar-refractivity contribution in [1.29, 1.82) is 0 Å². The van der Waals surface area contributed by atoms with Crippen LogP contribution in [-0.4, -0.2) is 22.8 Å². The van der Waals surface area contributed by atoms with Crippen LogP contribution in [0.5, 0.6) is 0 Å². The first kappa shape index (κ1) is 12.0. The number of amides is 1. The van der Waals surface area contributed by atoms with Crippen molar-refractivity contribution in [3.8, 4) is 0 Å². The number of alkyl halides is 1. The molecule has 0 radical (unpaired) electrons. The van der Waals surface area contributed by atoms with Crippen molar-refractivity contribution in [2.24, 2.45) is 5.92 Å². The lowest BCUT2D eigenvalue weighted by molar-refractivity contribution is -0.117. The lowest BCUT2D eigenvalue weighted by Gasteiger charge is -2.11. The molecule has 1 unspecified atom stereocenters. The van der Waals surface area contributed by atoms with E-state index in [9.17, 15) is 9.18 Å². The fourth-order valence-corrected chi connectivity index (χ4v) is 3.53. The second-order valence-corrected chi connectivity index (χ2v) is 5.97. The third-order valence-electron chi connectivity index (χ3n) is 3.01. The molecule has 1 atom stereocenters. The van der Waals surface area contributed by atoms with E-state index in [1.165, 1.54) is 17.4 Å². The molecule has 1 aliphatic rings. The molecule has 0 bridgehead atoms. The fraction of sp³-hybridized carbons (Fsp3) is 0.333. The van der Waals surface area contributed by atoms with Gasteiger partial charge in [-0.05, 0) is 18.1 Å². The molecule has 0 aliphatic carbocycles. The number of benzene rings is 1. The maximum atomic E-state index is 13.6. The number of thiazole rings is 1. The minimum atomic E-state index is -0.335. The van der Waals surface area contributed by atoms with Gasteiger partial charge in [-0.1, -0.05) is 33.3 Å². The van der Waals surface area contributed by atoms with Gasteiger partial charge in [0.05, 0.1) is 4.70 Å². The summed E-state index contributed by atoms with van der Waals surface area (Å²) in [5.74, 6) is 0.0481. The van der Waals surface area contributed by atoms with Crippen molar-refractivity contribution in [3.63, 3.8) is 0 Å². The Morgan fingerprint density at radius 3 is 3.06 bits per heavy atom. The second-order valence-electron chi connectivity index (χ2n) is 4.31. The predicted octanol–water partition coefficient (Wildman–Crippen LogP) is 3.18. The van der Waals surface area contributed by atoms with Crippen molar-refractivity contribution in [2.75, 3.05) is 16.8 Å². The van der Waals surface area contributed by atoms with Crippen molar-refractivity contribution in [1.82, 2.24) is 4.98 Å². The summed E-state index contributed by atoms with van der Waals surface area (Å²) in [6.07, 6.45) is 0.531. The highest BCUT2D eigenvalue weighted by atomic mass is 79.9. The summed E-state index contributed by atoms with van der Waals surface area (Å²) < 4.78 is 14.3. The molecular formula is C12H10BrFN2OS. The number of nitrogens with zero attached hydrogens (tertiary/aromatic N) is 2. The van der Waals surface area contributed by atoms with Crippen LogP contribution in [0.25, 0.3) is 10.2 Å². The lowest BCUT2D eigenvalue weighted by atomic mass is 10.2. The van der Waals surface area contributed by atoms with Crippen LogP contribution in [0.1, 0.15) is 6.42 Å². The van der Waals surface area contributed by atoms with Crippen LogP contribution in [0, 0.1) is 11.7 Å². The number of rotatable bonds is 2. The standard InChI is InChI=1S/C12H10BrFN2OS/c13-5-7-4-10(17)16(6-7)12-15-11-8(14)2-1-3-9(11)18-12/h1-3,7H,4-6H2. The zero-order chi connectivity index (χ0) is 12.7. The normalized spacial score (nSPS) is 20.0. The minimum Gasteiger partial charge on any atom is -0.288 e. The molecule has 1 amide bonds. The number of aromatic nitrogens is 1. The lowest BCUT2D eigenvalue weighted by Crippen LogP contribution is -2.24. The molecule has 1 fully saturated rings. The molecule has 6 heteroatoms. The van der Waals surface area contributed by atoms with Crippen molar-refractivity contribution < 1.29 is 9.18 Å².